The van der Waals surface area contributed by atoms with Crippen LogP contribution < -0.4 is 4.74 Å². The van der Waals surface area contributed by atoms with Crippen LogP contribution in [0, 0.1) is 0 Å². The maximum absolute atomic E-state index is 11.0. The summed E-state index contributed by atoms with van der Waals surface area (Å²) in [7, 11) is 1.67. The minimum absolute atomic E-state index is 0.0890. The van der Waals surface area contributed by atoms with Gasteiger partial charge in [0.15, 0.2) is 0 Å². The molecule has 1 N–H and O–H groups in total. The minimum atomic E-state index is -0.727. The van der Waals surface area contributed by atoms with Gasteiger partial charge in [-0.15, -0.1) is 0 Å². The minimum Gasteiger partial charge on any atom is -0.496 e. The molecule has 4 nitrogen and oxygen atoms in total. The second-order valence-corrected chi connectivity index (χ2v) is 6.13. The molecule has 1 fully saturated rings. The highest BCUT2D eigenvalue weighted by atomic mass is 32.2. The molecule has 0 amide bonds. The first-order chi connectivity index (χ1) is 9.63. The molecule has 1 aliphatic rings. The number of nitrogens with zero attached hydrogens (tertiary/aromatic N) is 1. The molecule has 2 rings (SSSR count). The van der Waals surface area contributed by atoms with Crippen LogP contribution in [0.5, 0.6) is 5.75 Å². The highest BCUT2D eigenvalue weighted by Gasteiger charge is 2.30. The Hall–Kier alpha value is -1.20. The Morgan fingerprint density at radius 2 is 2.30 bits per heavy atom. The highest BCUT2D eigenvalue weighted by Crippen LogP contribution is 2.33. The van der Waals surface area contributed by atoms with Crippen molar-refractivity contribution in [2.75, 3.05) is 25.2 Å². The normalized spacial score (nSPS) is 21.4. The molecule has 0 bridgehead atoms. The van der Waals surface area contributed by atoms with Crippen molar-refractivity contribution >= 4 is 17.7 Å². The summed E-state index contributed by atoms with van der Waals surface area (Å²) in [5, 5.41) is 9.08. The molecule has 0 aliphatic carbocycles. The van der Waals surface area contributed by atoms with Crippen LogP contribution >= 0.6 is 11.8 Å². The summed E-state index contributed by atoms with van der Waals surface area (Å²) in [5.41, 5.74) is 1.12. The molecule has 2 atom stereocenters. The Bertz CT molecular complexity index is 466. The standard InChI is InChI=1S/C15H21NO3S/c1-11(13-5-3-4-6-14(13)19-2)16-7-8-20-10-12(16)9-15(17)18/h3-6,11-12H,7-10H2,1-2H3,(H,17,18). The van der Waals surface area contributed by atoms with Crippen LogP contribution in [0.3, 0.4) is 0 Å². The molecule has 1 aromatic rings. The molecule has 110 valence electrons. The van der Waals surface area contributed by atoms with E-state index in [9.17, 15) is 4.79 Å². The van der Waals surface area contributed by atoms with Crippen molar-refractivity contribution in [1.29, 1.82) is 0 Å². The molecule has 5 heteroatoms. The highest BCUT2D eigenvalue weighted by molar-refractivity contribution is 7.99. The average Bonchev–Trinajstić information content (AvgIpc) is 2.46. The second-order valence-electron chi connectivity index (χ2n) is 4.98. The van der Waals surface area contributed by atoms with Crippen LogP contribution in [-0.2, 0) is 4.79 Å². The Morgan fingerprint density at radius 1 is 1.55 bits per heavy atom. The van der Waals surface area contributed by atoms with E-state index < -0.39 is 5.97 Å². The molecule has 0 saturated carbocycles. The molecular weight excluding hydrogens is 274 g/mol. The summed E-state index contributed by atoms with van der Waals surface area (Å²) >= 11 is 1.84. The van der Waals surface area contributed by atoms with Crippen LogP contribution in [0.25, 0.3) is 0 Å². The number of carbonyl (C=O) groups is 1. The SMILES string of the molecule is COc1ccccc1C(C)N1CCSCC1CC(=O)O. The number of aliphatic carboxylic acids is 1. The summed E-state index contributed by atoms with van der Waals surface area (Å²) in [6.07, 6.45) is 0.201. The van der Waals surface area contributed by atoms with Crippen LogP contribution in [0.2, 0.25) is 0 Å². The lowest BCUT2D eigenvalue weighted by Gasteiger charge is -2.39. The average molecular weight is 295 g/mol. The number of hydrogen-bond acceptors (Lipinski definition) is 4. The van der Waals surface area contributed by atoms with E-state index in [0.717, 1.165) is 29.4 Å². The Labute approximate surface area is 124 Å². The number of rotatable bonds is 5. The van der Waals surface area contributed by atoms with E-state index in [0.29, 0.717) is 0 Å². The van der Waals surface area contributed by atoms with Gasteiger partial charge in [-0.1, -0.05) is 18.2 Å². The molecule has 1 aromatic carbocycles. The van der Waals surface area contributed by atoms with E-state index in [-0.39, 0.29) is 18.5 Å². The van der Waals surface area contributed by atoms with Crippen LogP contribution in [0.4, 0.5) is 0 Å². The number of carboxylic acid groups (broad SMARTS) is 1. The molecule has 0 aromatic heterocycles. The van der Waals surface area contributed by atoms with Gasteiger partial charge in [-0.2, -0.15) is 11.8 Å². The predicted octanol–water partition coefficient (Wildman–Crippen LogP) is 2.65. The molecular formula is C15H21NO3S. The van der Waals surface area contributed by atoms with Crippen LogP contribution in [0.15, 0.2) is 24.3 Å². The van der Waals surface area contributed by atoms with E-state index in [2.05, 4.69) is 17.9 Å². The van der Waals surface area contributed by atoms with Gasteiger partial charge in [0.2, 0.25) is 0 Å². The summed E-state index contributed by atoms with van der Waals surface area (Å²) in [4.78, 5) is 13.3. The van der Waals surface area contributed by atoms with Crippen molar-refractivity contribution in [3.05, 3.63) is 29.8 Å². The van der Waals surface area contributed by atoms with E-state index in [1.807, 2.05) is 30.0 Å². The van der Waals surface area contributed by atoms with Gasteiger partial charge in [0.25, 0.3) is 0 Å². The van der Waals surface area contributed by atoms with Crippen molar-refractivity contribution < 1.29 is 14.6 Å². The molecule has 0 radical (unpaired) electrons. The summed E-state index contributed by atoms with van der Waals surface area (Å²) in [5.74, 6) is 2.07. The van der Waals surface area contributed by atoms with Gasteiger partial charge in [0, 0.05) is 35.7 Å². The molecule has 1 heterocycles. The van der Waals surface area contributed by atoms with Crippen LogP contribution in [-0.4, -0.2) is 47.2 Å². The van der Waals surface area contributed by atoms with Crippen molar-refractivity contribution in [2.24, 2.45) is 0 Å². The largest absolute Gasteiger partial charge is 0.496 e. The number of methoxy groups -OCH3 is 1. The number of benzene rings is 1. The van der Waals surface area contributed by atoms with Crippen molar-refractivity contribution in [1.82, 2.24) is 4.90 Å². The first-order valence-corrected chi connectivity index (χ1v) is 7.97. The Balaban J connectivity index is 2.20. The fourth-order valence-electron chi connectivity index (χ4n) is 2.75. The first-order valence-electron chi connectivity index (χ1n) is 6.81. The maximum atomic E-state index is 11.0. The summed E-state index contributed by atoms with van der Waals surface area (Å²) < 4.78 is 5.43. The van der Waals surface area contributed by atoms with Gasteiger partial charge in [-0.3, -0.25) is 9.69 Å². The Morgan fingerprint density at radius 3 is 3.00 bits per heavy atom. The van der Waals surface area contributed by atoms with Crippen molar-refractivity contribution in [3.8, 4) is 5.75 Å². The zero-order valence-electron chi connectivity index (χ0n) is 11.9. The third-order valence-corrected chi connectivity index (χ3v) is 4.86. The van der Waals surface area contributed by atoms with E-state index in [4.69, 9.17) is 9.84 Å². The molecule has 20 heavy (non-hydrogen) atoms. The van der Waals surface area contributed by atoms with Gasteiger partial charge >= 0.3 is 5.97 Å². The zero-order chi connectivity index (χ0) is 14.5. The number of ether oxygens (including phenoxy) is 1. The smallest absolute Gasteiger partial charge is 0.304 e. The zero-order valence-corrected chi connectivity index (χ0v) is 12.7. The number of carboxylic acids is 1. The summed E-state index contributed by atoms with van der Waals surface area (Å²) in [6, 6.07) is 8.22. The topological polar surface area (TPSA) is 49.8 Å². The first kappa shape index (κ1) is 15.2. The van der Waals surface area contributed by atoms with E-state index >= 15 is 0 Å². The number of para-hydroxylation sites is 1. The van der Waals surface area contributed by atoms with Crippen molar-refractivity contribution in [3.63, 3.8) is 0 Å². The maximum Gasteiger partial charge on any atom is 0.304 e. The predicted molar refractivity (Wildman–Crippen MR) is 81.5 cm³/mol. The molecule has 1 aliphatic heterocycles. The van der Waals surface area contributed by atoms with Gasteiger partial charge in [-0.05, 0) is 13.0 Å². The lowest BCUT2D eigenvalue weighted by atomic mass is 10.0. The fourth-order valence-corrected chi connectivity index (χ4v) is 3.83. The van der Waals surface area contributed by atoms with Gasteiger partial charge < -0.3 is 9.84 Å². The van der Waals surface area contributed by atoms with Gasteiger partial charge in [0.05, 0.1) is 13.5 Å². The quantitative estimate of drug-likeness (QED) is 0.905. The lowest BCUT2D eigenvalue weighted by molar-refractivity contribution is -0.138. The molecule has 2 unspecified atom stereocenters. The molecule has 0 spiro atoms. The number of thioether (sulfide) groups is 1. The molecule has 1 saturated heterocycles. The van der Waals surface area contributed by atoms with Crippen LogP contribution in [0.1, 0.15) is 24.9 Å². The second kappa shape index (κ2) is 6.99. The lowest BCUT2D eigenvalue weighted by Crippen LogP contribution is -2.44. The third kappa shape index (κ3) is 3.46. The third-order valence-electron chi connectivity index (χ3n) is 3.77. The van der Waals surface area contributed by atoms with Gasteiger partial charge in [-0.25, -0.2) is 0 Å². The van der Waals surface area contributed by atoms with E-state index in [1.165, 1.54) is 0 Å². The monoisotopic (exact) mass is 295 g/mol. The van der Waals surface area contributed by atoms with Crippen molar-refractivity contribution in [2.45, 2.75) is 25.4 Å². The van der Waals surface area contributed by atoms with Gasteiger partial charge in [0.1, 0.15) is 5.75 Å². The fraction of sp³-hybridized carbons (Fsp3) is 0.533. The Kier molecular flexibility index (Phi) is 5.31. The summed E-state index contributed by atoms with van der Waals surface area (Å²) in [6.45, 7) is 3.05. The number of hydrogen-bond donors (Lipinski definition) is 1. The van der Waals surface area contributed by atoms with E-state index in [1.54, 1.807) is 7.11 Å².